The van der Waals surface area contributed by atoms with Crippen LogP contribution in [-0.4, -0.2) is 13.0 Å². The summed E-state index contributed by atoms with van der Waals surface area (Å²) in [6.45, 7) is 0. The molecule has 0 bridgehead atoms. The van der Waals surface area contributed by atoms with Gasteiger partial charge in [-0.25, -0.2) is 0 Å². The molecule has 0 spiro atoms. The van der Waals surface area contributed by atoms with Crippen LogP contribution < -0.4 is 0 Å². The van der Waals surface area contributed by atoms with Crippen LogP contribution in [0.5, 0.6) is 0 Å². The maximum absolute atomic E-state index is 11.8. The molecule has 5 aromatic rings. The Kier molecular flexibility index (Phi) is 2.54. The van der Waals surface area contributed by atoms with Gasteiger partial charge in [0, 0.05) is 5.39 Å². The Bertz CT molecular complexity index is 1320. The summed E-state index contributed by atoms with van der Waals surface area (Å²) in [7, 11) is -4.28. The maximum atomic E-state index is 11.8. The molecule has 116 valence electrons. The Hall–Kier alpha value is -2.69. The van der Waals surface area contributed by atoms with Crippen molar-refractivity contribution in [2.75, 3.05) is 0 Å². The molecule has 24 heavy (non-hydrogen) atoms. The highest BCUT2D eigenvalue weighted by Gasteiger charge is 2.18. The van der Waals surface area contributed by atoms with Gasteiger partial charge in [0.2, 0.25) is 0 Å². The van der Waals surface area contributed by atoms with Crippen molar-refractivity contribution in [3.05, 3.63) is 66.7 Å². The SMILES string of the molecule is O=S(=O)(O)c1ccc2c3cccc4cccc(c5cccc1c52)c43. The predicted octanol–water partition coefficient (Wildman–Crippen LogP) is 4.98. The summed E-state index contributed by atoms with van der Waals surface area (Å²) >= 11 is 0. The third kappa shape index (κ3) is 1.67. The van der Waals surface area contributed by atoms with E-state index in [9.17, 15) is 13.0 Å². The molecule has 0 amide bonds. The van der Waals surface area contributed by atoms with Gasteiger partial charge in [-0.2, -0.15) is 8.42 Å². The molecule has 0 heterocycles. The molecule has 4 heteroatoms. The highest BCUT2D eigenvalue weighted by Crippen LogP contribution is 2.41. The Balaban J connectivity index is 2.21. The molecule has 0 aliphatic rings. The van der Waals surface area contributed by atoms with Gasteiger partial charge in [-0.15, -0.1) is 0 Å². The van der Waals surface area contributed by atoms with Gasteiger partial charge in [0.25, 0.3) is 10.1 Å². The van der Waals surface area contributed by atoms with Crippen molar-refractivity contribution in [2.24, 2.45) is 0 Å². The standard InChI is InChI=1S/C20H12O3S/c21-24(22,23)18-11-10-16-14-7-2-5-12-4-1-6-13(19(12)14)15-8-3-9-17(18)20(15)16/h1-11H,(H,21,22,23). The highest BCUT2D eigenvalue weighted by molar-refractivity contribution is 7.86. The number of hydrogen-bond acceptors (Lipinski definition) is 2. The Labute approximate surface area is 138 Å². The first-order chi connectivity index (χ1) is 11.6. The van der Waals surface area contributed by atoms with Gasteiger partial charge >= 0.3 is 0 Å². The molecular weight excluding hydrogens is 320 g/mol. The Morgan fingerprint density at radius 3 is 1.71 bits per heavy atom. The van der Waals surface area contributed by atoms with Crippen molar-refractivity contribution in [2.45, 2.75) is 4.90 Å². The minimum atomic E-state index is -4.28. The molecule has 0 aromatic heterocycles. The normalized spacial score (nSPS) is 12.7. The molecule has 5 aromatic carbocycles. The monoisotopic (exact) mass is 332 g/mol. The van der Waals surface area contributed by atoms with Crippen LogP contribution in [0.4, 0.5) is 0 Å². The number of benzene rings is 5. The number of rotatable bonds is 1. The molecule has 0 aliphatic heterocycles. The summed E-state index contributed by atoms with van der Waals surface area (Å²) in [5.41, 5.74) is 0. The van der Waals surface area contributed by atoms with E-state index in [0.29, 0.717) is 5.39 Å². The number of fused-ring (bicyclic) bond motifs is 2. The first kappa shape index (κ1) is 13.7. The second-order valence-electron chi connectivity index (χ2n) is 6.02. The van der Waals surface area contributed by atoms with Gasteiger partial charge in [0.1, 0.15) is 4.90 Å². The smallest absolute Gasteiger partial charge is 0.282 e. The van der Waals surface area contributed by atoms with Gasteiger partial charge in [-0.05, 0) is 43.8 Å². The lowest BCUT2D eigenvalue weighted by Gasteiger charge is -2.15. The molecule has 0 atom stereocenters. The van der Waals surface area contributed by atoms with Crippen molar-refractivity contribution in [1.82, 2.24) is 0 Å². The molecule has 0 saturated heterocycles. The van der Waals surface area contributed by atoms with Crippen molar-refractivity contribution in [3.8, 4) is 0 Å². The van der Waals surface area contributed by atoms with Crippen LogP contribution in [0.15, 0.2) is 71.6 Å². The maximum Gasteiger partial charge on any atom is 0.295 e. The second-order valence-corrected chi connectivity index (χ2v) is 7.41. The molecule has 0 unspecified atom stereocenters. The van der Waals surface area contributed by atoms with Crippen molar-refractivity contribution in [1.29, 1.82) is 0 Å². The number of hydrogen-bond donors (Lipinski definition) is 1. The lowest BCUT2D eigenvalue weighted by atomic mass is 9.90. The molecule has 3 nitrogen and oxygen atoms in total. The Morgan fingerprint density at radius 1 is 0.583 bits per heavy atom. The van der Waals surface area contributed by atoms with E-state index in [1.807, 2.05) is 24.3 Å². The molecule has 5 rings (SSSR count). The lowest BCUT2D eigenvalue weighted by Crippen LogP contribution is -1.99. The van der Waals surface area contributed by atoms with Crippen LogP contribution >= 0.6 is 0 Å². The fourth-order valence-corrected chi connectivity index (χ4v) is 4.53. The highest BCUT2D eigenvalue weighted by atomic mass is 32.2. The van der Waals surface area contributed by atoms with Crippen LogP contribution in [-0.2, 0) is 10.1 Å². The van der Waals surface area contributed by atoms with E-state index in [1.165, 1.54) is 11.5 Å². The fraction of sp³-hybridized carbons (Fsp3) is 0. The minimum Gasteiger partial charge on any atom is -0.282 e. The van der Waals surface area contributed by atoms with Gasteiger partial charge in [0.15, 0.2) is 0 Å². The van der Waals surface area contributed by atoms with E-state index in [0.717, 1.165) is 32.3 Å². The van der Waals surface area contributed by atoms with Crippen LogP contribution in [0.2, 0.25) is 0 Å². The third-order valence-corrected chi connectivity index (χ3v) is 5.68. The molecular formula is C20H12O3S. The molecule has 0 radical (unpaired) electrons. The van der Waals surface area contributed by atoms with E-state index in [4.69, 9.17) is 0 Å². The first-order valence-electron chi connectivity index (χ1n) is 7.61. The Morgan fingerprint density at radius 2 is 1.08 bits per heavy atom. The van der Waals surface area contributed by atoms with E-state index < -0.39 is 10.1 Å². The zero-order valence-electron chi connectivity index (χ0n) is 12.5. The van der Waals surface area contributed by atoms with Crippen molar-refractivity contribution in [3.63, 3.8) is 0 Å². The zero-order chi connectivity index (χ0) is 16.5. The van der Waals surface area contributed by atoms with Gasteiger partial charge in [-0.3, -0.25) is 4.55 Å². The first-order valence-corrected chi connectivity index (χ1v) is 9.05. The molecule has 0 aliphatic carbocycles. The molecule has 0 fully saturated rings. The van der Waals surface area contributed by atoms with E-state index in [2.05, 4.69) is 24.3 Å². The van der Waals surface area contributed by atoms with Crippen molar-refractivity contribution < 1.29 is 13.0 Å². The summed E-state index contributed by atoms with van der Waals surface area (Å²) in [5, 5.41) is 7.95. The summed E-state index contributed by atoms with van der Waals surface area (Å²) in [5.74, 6) is 0. The second kappa shape index (κ2) is 4.44. The van der Waals surface area contributed by atoms with Crippen LogP contribution in [0.3, 0.4) is 0 Å². The van der Waals surface area contributed by atoms with E-state index in [-0.39, 0.29) is 4.90 Å². The average molecular weight is 332 g/mol. The van der Waals surface area contributed by atoms with Crippen LogP contribution in [0.25, 0.3) is 43.1 Å². The fourth-order valence-electron chi connectivity index (χ4n) is 3.84. The van der Waals surface area contributed by atoms with Crippen LogP contribution in [0, 0.1) is 0 Å². The third-order valence-electron chi connectivity index (χ3n) is 4.76. The quantitative estimate of drug-likeness (QED) is 0.267. The van der Waals surface area contributed by atoms with E-state index >= 15 is 0 Å². The summed E-state index contributed by atoms with van der Waals surface area (Å²) in [6, 6.07) is 21.2. The van der Waals surface area contributed by atoms with Gasteiger partial charge < -0.3 is 0 Å². The van der Waals surface area contributed by atoms with E-state index in [1.54, 1.807) is 12.1 Å². The molecule has 1 N–H and O–H groups in total. The molecule has 0 saturated carbocycles. The lowest BCUT2D eigenvalue weighted by molar-refractivity contribution is 0.484. The largest absolute Gasteiger partial charge is 0.295 e. The van der Waals surface area contributed by atoms with Crippen LogP contribution in [0.1, 0.15) is 0 Å². The summed E-state index contributed by atoms with van der Waals surface area (Å²) < 4.78 is 33.1. The van der Waals surface area contributed by atoms with Crippen molar-refractivity contribution >= 4 is 53.2 Å². The minimum absolute atomic E-state index is 0.0466. The predicted molar refractivity (Wildman–Crippen MR) is 97.5 cm³/mol. The summed E-state index contributed by atoms with van der Waals surface area (Å²) in [4.78, 5) is -0.0466. The van der Waals surface area contributed by atoms with Gasteiger partial charge in [0.05, 0.1) is 0 Å². The van der Waals surface area contributed by atoms with Gasteiger partial charge in [-0.1, -0.05) is 60.7 Å². The topological polar surface area (TPSA) is 54.4 Å². The zero-order valence-corrected chi connectivity index (χ0v) is 13.3. The average Bonchev–Trinajstić information content (AvgIpc) is 2.58. The summed E-state index contributed by atoms with van der Waals surface area (Å²) in [6.07, 6.45) is 0.